The molecule has 0 spiro atoms. The molecule has 0 bridgehead atoms. The van der Waals surface area contributed by atoms with Crippen LogP contribution in [0, 0.1) is 6.92 Å². The Morgan fingerprint density at radius 2 is 2.23 bits per heavy atom. The van der Waals surface area contributed by atoms with Gasteiger partial charge in [0.2, 0.25) is 0 Å². The molecule has 0 aliphatic carbocycles. The largest absolute Gasteiger partial charge is 0.459 e. The molecule has 0 fully saturated rings. The van der Waals surface area contributed by atoms with Crippen LogP contribution in [0.25, 0.3) is 0 Å². The number of carbonyl (C=O) groups is 1. The van der Waals surface area contributed by atoms with Crippen molar-refractivity contribution in [2.75, 3.05) is 5.32 Å². The van der Waals surface area contributed by atoms with Crippen LogP contribution >= 0.6 is 22.9 Å². The first kappa shape index (κ1) is 14.8. The lowest BCUT2D eigenvalue weighted by atomic mass is 10.1. The lowest BCUT2D eigenvalue weighted by Crippen LogP contribution is -2.10. The molecule has 2 aromatic heterocycles. The summed E-state index contributed by atoms with van der Waals surface area (Å²) in [5, 5.41) is 4.04. The lowest BCUT2D eigenvalue weighted by molar-refractivity contribution is 0.0996. The quantitative estimate of drug-likeness (QED) is 0.763. The van der Waals surface area contributed by atoms with Gasteiger partial charge in [-0.05, 0) is 30.2 Å². The number of benzene rings is 1. The summed E-state index contributed by atoms with van der Waals surface area (Å²) < 4.78 is 5.05. The smallest absolute Gasteiger partial charge is 0.293 e. The molecule has 3 rings (SSSR count). The number of hydrogen-bond acceptors (Lipinski definition) is 4. The summed E-state index contributed by atoms with van der Waals surface area (Å²) in [5.41, 5.74) is 2.10. The third kappa shape index (κ3) is 3.21. The number of aryl methyl sites for hydroxylation is 1. The molecule has 0 saturated carbocycles. The highest BCUT2D eigenvalue weighted by Gasteiger charge is 2.12. The molecule has 0 saturated heterocycles. The molecule has 2 heterocycles. The minimum atomic E-state index is -0.306. The van der Waals surface area contributed by atoms with Gasteiger partial charge in [-0.3, -0.25) is 10.1 Å². The number of rotatable bonds is 4. The maximum Gasteiger partial charge on any atom is 0.293 e. The van der Waals surface area contributed by atoms with E-state index >= 15 is 0 Å². The molecule has 1 aromatic carbocycles. The Kier molecular flexibility index (Phi) is 4.27. The minimum absolute atomic E-state index is 0.262. The molecule has 112 valence electrons. The molecule has 0 unspecified atom stereocenters. The molecule has 3 aromatic rings. The molecule has 22 heavy (non-hydrogen) atoms. The zero-order valence-corrected chi connectivity index (χ0v) is 13.4. The third-order valence-corrected chi connectivity index (χ3v) is 4.61. The zero-order valence-electron chi connectivity index (χ0n) is 11.8. The average molecular weight is 333 g/mol. The van der Waals surface area contributed by atoms with Crippen LogP contribution in [0.5, 0.6) is 0 Å². The number of carbonyl (C=O) groups excluding carboxylic acids is 1. The van der Waals surface area contributed by atoms with Crippen LogP contribution in [0.1, 0.15) is 26.6 Å². The Labute approximate surface area is 136 Å². The molecule has 6 heteroatoms. The number of amides is 1. The van der Waals surface area contributed by atoms with Gasteiger partial charge in [0.25, 0.3) is 5.91 Å². The van der Waals surface area contributed by atoms with Gasteiger partial charge in [0.1, 0.15) is 0 Å². The van der Waals surface area contributed by atoms with Crippen molar-refractivity contribution in [3.8, 4) is 0 Å². The van der Waals surface area contributed by atoms with E-state index in [9.17, 15) is 4.79 Å². The van der Waals surface area contributed by atoms with Crippen LogP contribution in [-0.4, -0.2) is 10.9 Å². The molecule has 4 nitrogen and oxygen atoms in total. The number of hydrogen-bond donors (Lipinski definition) is 1. The Balaban J connectivity index is 1.71. The van der Waals surface area contributed by atoms with Crippen molar-refractivity contribution in [1.29, 1.82) is 0 Å². The molecule has 1 amide bonds. The van der Waals surface area contributed by atoms with E-state index in [-0.39, 0.29) is 11.7 Å². The number of thiazole rings is 1. The van der Waals surface area contributed by atoms with Crippen LogP contribution in [-0.2, 0) is 6.42 Å². The summed E-state index contributed by atoms with van der Waals surface area (Å²) in [7, 11) is 0. The van der Waals surface area contributed by atoms with Crippen LogP contribution < -0.4 is 5.32 Å². The minimum Gasteiger partial charge on any atom is -0.459 e. The topological polar surface area (TPSA) is 55.1 Å². The first-order valence-corrected chi connectivity index (χ1v) is 7.86. The fraction of sp³-hybridized carbons (Fsp3) is 0.125. The van der Waals surface area contributed by atoms with Gasteiger partial charge in [-0.25, -0.2) is 4.98 Å². The Morgan fingerprint density at radius 1 is 1.36 bits per heavy atom. The summed E-state index contributed by atoms with van der Waals surface area (Å²) in [5.74, 6) is -0.0435. The Bertz CT molecular complexity index is 796. The van der Waals surface area contributed by atoms with E-state index in [1.54, 1.807) is 18.3 Å². The van der Waals surface area contributed by atoms with Gasteiger partial charge in [0, 0.05) is 22.5 Å². The van der Waals surface area contributed by atoms with Gasteiger partial charge in [0.15, 0.2) is 10.9 Å². The van der Waals surface area contributed by atoms with Crippen molar-refractivity contribution in [2.45, 2.75) is 13.3 Å². The van der Waals surface area contributed by atoms with E-state index in [1.165, 1.54) is 17.6 Å². The number of aromatic nitrogens is 1. The molecule has 1 N–H and O–H groups in total. The van der Waals surface area contributed by atoms with Crippen LogP contribution in [0.3, 0.4) is 0 Å². The van der Waals surface area contributed by atoms with Gasteiger partial charge in [-0.2, -0.15) is 0 Å². The first-order chi connectivity index (χ1) is 10.6. The van der Waals surface area contributed by atoms with E-state index in [0.29, 0.717) is 11.6 Å². The van der Waals surface area contributed by atoms with Gasteiger partial charge < -0.3 is 4.42 Å². The number of nitrogens with one attached hydrogen (secondary N) is 1. The van der Waals surface area contributed by atoms with E-state index in [4.69, 9.17) is 16.0 Å². The van der Waals surface area contributed by atoms with Crippen molar-refractivity contribution >= 4 is 34.0 Å². The van der Waals surface area contributed by atoms with Crippen molar-refractivity contribution in [3.05, 3.63) is 69.6 Å². The van der Waals surface area contributed by atoms with E-state index in [2.05, 4.69) is 10.3 Å². The molecule has 0 aliphatic rings. The first-order valence-electron chi connectivity index (χ1n) is 6.67. The monoisotopic (exact) mass is 332 g/mol. The predicted molar refractivity (Wildman–Crippen MR) is 87.8 cm³/mol. The van der Waals surface area contributed by atoms with E-state index < -0.39 is 0 Å². The van der Waals surface area contributed by atoms with Crippen molar-refractivity contribution in [2.24, 2.45) is 0 Å². The van der Waals surface area contributed by atoms with Crippen LogP contribution in [0.2, 0.25) is 5.02 Å². The summed E-state index contributed by atoms with van der Waals surface area (Å²) in [4.78, 5) is 17.1. The number of halogens is 1. The van der Waals surface area contributed by atoms with Crippen LogP contribution in [0.4, 0.5) is 5.13 Å². The standard InChI is InChI=1S/C16H13ClN2O2S/c1-10-4-2-5-11(14(10)17)8-12-9-18-16(22-12)19-15(20)13-6-3-7-21-13/h2-7,9H,8H2,1H3,(H,18,19,20). The summed E-state index contributed by atoms with van der Waals surface area (Å²) >= 11 is 7.73. The summed E-state index contributed by atoms with van der Waals surface area (Å²) in [6, 6.07) is 9.24. The second-order valence-corrected chi connectivity index (χ2v) is 6.28. The SMILES string of the molecule is Cc1cccc(Cc2cnc(NC(=O)c3ccco3)s2)c1Cl. The maximum atomic E-state index is 11.9. The number of furan rings is 1. The van der Waals surface area contributed by atoms with Gasteiger partial charge in [-0.1, -0.05) is 29.8 Å². The third-order valence-electron chi connectivity index (χ3n) is 3.16. The van der Waals surface area contributed by atoms with Crippen molar-refractivity contribution in [1.82, 2.24) is 4.98 Å². The van der Waals surface area contributed by atoms with E-state index in [0.717, 1.165) is 21.0 Å². The highest BCUT2D eigenvalue weighted by atomic mass is 35.5. The highest BCUT2D eigenvalue weighted by Crippen LogP contribution is 2.26. The normalized spacial score (nSPS) is 10.6. The lowest BCUT2D eigenvalue weighted by Gasteiger charge is -2.04. The Hall–Kier alpha value is -2.11. The molecule has 0 atom stereocenters. The van der Waals surface area contributed by atoms with Gasteiger partial charge in [0.05, 0.1) is 6.26 Å². The molecular formula is C16H13ClN2O2S. The summed E-state index contributed by atoms with van der Waals surface area (Å²) in [6.07, 6.45) is 3.90. The number of nitrogens with zero attached hydrogens (tertiary/aromatic N) is 1. The van der Waals surface area contributed by atoms with Gasteiger partial charge in [-0.15, -0.1) is 11.3 Å². The fourth-order valence-electron chi connectivity index (χ4n) is 2.05. The average Bonchev–Trinajstić information content (AvgIpc) is 3.15. The van der Waals surface area contributed by atoms with E-state index in [1.807, 2.05) is 25.1 Å². The van der Waals surface area contributed by atoms with Crippen molar-refractivity contribution < 1.29 is 9.21 Å². The predicted octanol–water partition coefficient (Wildman–Crippen LogP) is 4.54. The zero-order chi connectivity index (χ0) is 15.5. The van der Waals surface area contributed by atoms with Gasteiger partial charge >= 0.3 is 0 Å². The summed E-state index contributed by atoms with van der Waals surface area (Å²) in [6.45, 7) is 1.98. The fourth-order valence-corrected chi connectivity index (χ4v) is 3.07. The molecule has 0 aliphatic heterocycles. The second kappa shape index (κ2) is 6.34. The Morgan fingerprint density at radius 3 is 3.00 bits per heavy atom. The highest BCUT2D eigenvalue weighted by molar-refractivity contribution is 7.15. The molecule has 0 radical (unpaired) electrons. The van der Waals surface area contributed by atoms with Crippen molar-refractivity contribution in [3.63, 3.8) is 0 Å². The molecular weight excluding hydrogens is 320 g/mol. The van der Waals surface area contributed by atoms with Crippen LogP contribution in [0.15, 0.2) is 47.2 Å². The maximum absolute atomic E-state index is 11.9. The second-order valence-electron chi connectivity index (χ2n) is 4.79. The number of anilines is 1.